The van der Waals surface area contributed by atoms with E-state index in [4.69, 9.17) is 0 Å². The first kappa shape index (κ1) is 13.3. The fraction of sp³-hybridized carbons (Fsp3) is 0.188. The lowest BCUT2D eigenvalue weighted by Crippen LogP contribution is -2.23. The monoisotopic (exact) mass is 280 g/mol. The smallest absolute Gasteiger partial charge is 0.251 e. The number of amides is 1. The van der Waals surface area contributed by atoms with Gasteiger partial charge in [0.2, 0.25) is 0 Å². The number of fused-ring (bicyclic) bond motifs is 1. The number of hydrogen-bond donors (Lipinski definition) is 1. The van der Waals surface area contributed by atoms with Gasteiger partial charge in [0.25, 0.3) is 5.91 Å². The Kier molecular flexibility index (Phi) is 3.64. The first-order valence-electron chi connectivity index (χ1n) is 6.93. The van der Waals surface area contributed by atoms with Gasteiger partial charge in [-0.05, 0) is 36.2 Å². The Balaban J connectivity index is 1.70. The number of carbonyl (C=O) groups excluding carboxylic acids is 1. The molecule has 0 radical (unpaired) electrons. The van der Waals surface area contributed by atoms with Crippen molar-refractivity contribution in [1.29, 1.82) is 0 Å². The van der Waals surface area contributed by atoms with E-state index in [2.05, 4.69) is 22.4 Å². The Bertz CT molecular complexity index is 761. The first-order valence-corrected chi connectivity index (χ1v) is 6.93. The Hall–Kier alpha value is -2.69. The van der Waals surface area contributed by atoms with Crippen molar-refractivity contribution in [2.45, 2.75) is 19.9 Å². The summed E-state index contributed by atoms with van der Waals surface area (Å²) in [7, 11) is 0. The van der Waals surface area contributed by atoms with Crippen molar-refractivity contribution >= 4 is 11.6 Å². The summed E-state index contributed by atoms with van der Waals surface area (Å²) in [5.74, 6) is 0.606. The highest BCUT2D eigenvalue weighted by molar-refractivity contribution is 5.94. The highest BCUT2D eigenvalue weighted by atomic mass is 16.1. The van der Waals surface area contributed by atoms with E-state index in [0.717, 1.165) is 12.1 Å². The van der Waals surface area contributed by atoms with E-state index < -0.39 is 0 Å². The Morgan fingerprint density at radius 1 is 1.14 bits per heavy atom. The van der Waals surface area contributed by atoms with Crippen molar-refractivity contribution in [3.63, 3.8) is 0 Å². The highest BCUT2D eigenvalue weighted by Gasteiger charge is 2.08. The van der Waals surface area contributed by atoms with Crippen LogP contribution in [0.2, 0.25) is 0 Å². The van der Waals surface area contributed by atoms with Crippen LogP contribution in [0, 0.1) is 0 Å². The molecular formula is C16H16N4O. The third-order valence-corrected chi connectivity index (χ3v) is 3.42. The molecule has 106 valence electrons. The molecule has 2 heterocycles. The average Bonchev–Trinajstić information content (AvgIpc) is 2.96. The predicted molar refractivity (Wildman–Crippen MR) is 80.0 cm³/mol. The van der Waals surface area contributed by atoms with Crippen molar-refractivity contribution in [1.82, 2.24) is 19.9 Å². The number of rotatable bonds is 4. The van der Waals surface area contributed by atoms with Crippen molar-refractivity contribution in [2.24, 2.45) is 0 Å². The largest absolute Gasteiger partial charge is 0.345 e. The summed E-state index contributed by atoms with van der Waals surface area (Å²) < 4.78 is 1.86. The van der Waals surface area contributed by atoms with Gasteiger partial charge in [-0.15, -0.1) is 10.2 Å². The van der Waals surface area contributed by atoms with Gasteiger partial charge in [0.15, 0.2) is 11.5 Å². The second kappa shape index (κ2) is 5.75. The van der Waals surface area contributed by atoms with Crippen LogP contribution in [-0.4, -0.2) is 20.5 Å². The molecule has 0 spiro atoms. The zero-order valence-electron chi connectivity index (χ0n) is 11.8. The molecule has 0 aliphatic carbocycles. The molecule has 1 aromatic carbocycles. The fourth-order valence-electron chi connectivity index (χ4n) is 2.16. The molecule has 5 heteroatoms. The van der Waals surface area contributed by atoms with Gasteiger partial charge in [-0.1, -0.05) is 25.1 Å². The highest BCUT2D eigenvalue weighted by Crippen LogP contribution is 2.06. The molecule has 0 aliphatic heterocycles. The number of pyridine rings is 1. The molecule has 0 atom stereocenters. The Morgan fingerprint density at radius 3 is 2.71 bits per heavy atom. The van der Waals surface area contributed by atoms with Gasteiger partial charge in [0, 0.05) is 11.8 Å². The molecule has 3 rings (SSSR count). The molecule has 0 fully saturated rings. The third-order valence-electron chi connectivity index (χ3n) is 3.42. The number of hydrogen-bond acceptors (Lipinski definition) is 3. The standard InChI is InChI=1S/C16H16N4O/c1-2-12-6-8-13(9-7-12)16(21)17-11-15-19-18-14-5-3-4-10-20(14)15/h3-10H,2,11H2,1H3,(H,17,21). The SMILES string of the molecule is CCc1ccc(C(=O)NCc2nnc3ccccn23)cc1. The second-order valence-corrected chi connectivity index (χ2v) is 4.78. The molecule has 0 saturated carbocycles. The molecular weight excluding hydrogens is 264 g/mol. The second-order valence-electron chi connectivity index (χ2n) is 4.78. The van der Waals surface area contributed by atoms with E-state index in [1.165, 1.54) is 5.56 Å². The number of benzene rings is 1. The van der Waals surface area contributed by atoms with E-state index >= 15 is 0 Å². The summed E-state index contributed by atoms with van der Waals surface area (Å²) in [5.41, 5.74) is 2.64. The van der Waals surface area contributed by atoms with Crippen LogP contribution in [0.1, 0.15) is 28.7 Å². The van der Waals surface area contributed by atoms with Gasteiger partial charge < -0.3 is 5.32 Å². The van der Waals surface area contributed by atoms with Gasteiger partial charge >= 0.3 is 0 Å². The van der Waals surface area contributed by atoms with Crippen LogP contribution in [0.25, 0.3) is 5.65 Å². The average molecular weight is 280 g/mol. The lowest BCUT2D eigenvalue weighted by molar-refractivity contribution is 0.0950. The molecule has 3 aromatic rings. The zero-order valence-corrected chi connectivity index (χ0v) is 11.8. The number of nitrogens with zero attached hydrogens (tertiary/aromatic N) is 3. The maximum absolute atomic E-state index is 12.1. The molecule has 1 N–H and O–H groups in total. The summed E-state index contributed by atoms with van der Waals surface area (Å²) in [4.78, 5) is 12.1. The number of carbonyl (C=O) groups is 1. The summed E-state index contributed by atoms with van der Waals surface area (Å²) in [6.07, 6.45) is 2.85. The fourth-order valence-corrected chi connectivity index (χ4v) is 2.16. The van der Waals surface area contributed by atoms with E-state index in [9.17, 15) is 4.79 Å². The van der Waals surface area contributed by atoms with E-state index in [1.807, 2.05) is 53.1 Å². The van der Waals surface area contributed by atoms with Gasteiger partial charge in [-0.25, -0.2) is 0 Å². The number of nitrogens with one attached hydrogen (secondary N) is 1. The molecule has 0 saturated heterocycles. The predicted octanol–water partition coefficient (Wildman–Crippen LogP) is 2.22. The molecule has 2 aromatic heterocycles. The first-order chi connectivity index (χ1) is 10.3. The van der Waals surface area contributed by atoms with E-state index in [0.29, 0.717) is 17.9 Å². The van der Waals surface area contributed by atoms with Crippen LogP contribution < -0.4 is 5.32 Å². The van der Waals surface area contributed by atoms with Crippen molar-refractivity contribution in [2.75, 3.05) is 0 Å². The van der Waals surface area contributed by atoms with E-state index in [1.54, 1.807) is 0 Å². The quantitative estimate of drug-likeness (QED) is 0.797. The van der Waals surface area contributed by atoms with Crippen LogP contribution in [0.3, 0.4) is 0 Å². The normalized spacial score (nSPS) is 10.7. The topological polar surface area (TPSA) is 59.3 Å². The summed E-state index contributed by atoms with van der Waals surface area (Å²) in [5, 5.41) is 11.0. The van der Waals surface area contributed by atoms with Crippen LogP contribution in [0.5, 0.6) is 0 Å². The summed E-state index contributed by atoms with van der Waals surface area (Å²) in [6.45, 7) is 2.44. The van der Waals surface area contributed by atoms with Gasteiger partial charge in [0.1, 0.15) is 0 Å². The van der Waals surface area contributed by atoms with Gasteiger partial charge in [-0.3, -0.25) is 9.20 Å². The van der Waals surface area contributed by atoms with Crippen LogP contribution in [-0.2, 0) is 13.0 Å². The van der Waals surface area contributed by atoms with Crippen molar-refractivity contribution in [3.05, 3.63) is 65.6 Å². The van der Waals surface area contributed by atoms with E-state index in [-0.39, 0.29) is 5.91 Å². The Morgan fingerprint density at radius 2 is 1.95 bits per heavy atom. The Labute approximate surface area is 122 Å². The zero-order chi connectivity index (χ0) is 14.7. The lowest BCUT2D eigenvalue weighted by atomic mass is 10.1. The molecule has 5 nitrogen and oxygen atoms in total. The molecule has 0 aliphatic rings. The number of aryl methyl sites for hydroxylation is 1. The van der Waals surface area contributed by atoms with Crippen molar-refractivity contribution < 1.29 is 4.79 Å². The number of aromatic nitrogens is 3. The van der Waals surface area contributed by atoms with Crippen molar-refractivity contribution in [3.8, 4) is 0 Å². The van der Waals surface area contributed by atoms with Crippen LogP contribution in [0.4, 0.5) is 0 Å². The minimum atomic E-state index is -0.106. The summed E-state index contributed by atoms with van der Waals surface area (Å²) >= 11 is 0. The van der Waals surface area contributed by atoms with Crippen LogP contribution in [0.15, 0.2) is 48.7 Å². The lowest BCUT2D eigenvalue weighted by Gasteiger charge is -2.05. The minimum Gasteiger partial charge on any atom is -0.345 e. The van der Waals surface area contributed by atoms with Gasteiger partial charge in [0.05, 0.1) is 6.54 Å². The van der Waals surface area contributed by atoms with Gasteiger partial charge in [-0.2, -0.15) is 0 Å². The molecule has 1 amide bonds. The molecule has 21 heavy (non-hydrogen) atoms. The van der Waals surface area contributed by atoms with Crippen LogP contribution >= 0.6 is 0 Å². The third kappa shape index (κ3) is 2.76. The maximum Gasteiger partial charge on any atom is 0.251 e. The molecule has 0 unspecified atom stereocenters. The minimum absolute atomic E-state index is 0.106. The maximum atomic E-state index is 12.1. The molecule has 0 bridgehead atoms. The summed E-state index contributed by atoms with van der Waals surface area (Å²) in [6, 6.07) is 13.3.